The number of carbonyl (C=O) groups is 1. The first-order chi connectivity index (χ1) is 8.63. The molecular weight excluding hydrogens is 360 g/mol. The molecule has 0 aromatic heterocycles. The molecule has 0 unspecified atom stereocenters. The van der Waals surface area contributed by atoms with Crippen molar-refractivity contribution in [2.24, 2.45) is 0 Å². The van der Waals surface area contributed by atoms with Crippen LogP contribution in [0, 0.1) is 0 Å². The van der Waals surface area contributed by atoms with E-state index in [2.05, 4.69) is 31.9 Å². The van der Waals surface area contributed by atoms with Crippen LogP contribution in [0.1, 0.15) is 15.9 Å². The fourth-order valence-electron chi connectivity index (χ4n) is 1.61. The third kappa shape index (κ3) is 2.65. The largest absolute Gasteiger partial charge is 0.496 e. The second kappa shape index (κ2) is 5.67. The Balaban J connectivity index is 2.41. The lowest BCUT2D eigenvalue weighted by atomic mass is 10.0. The number of halogens is 2. The molecule has 18 heavy (non-hydrogen) atoms. The van der Waals surface area contributed by atoms with Crippen molar-refractivity contribution in [3.05, 3.63) is 62.5 Å². The normalized spacial score (nSPS) is 10.2. The van der Waals surface area contributed by atoms with E-state index in [0.717, 1.165) is 8.95 Å². The molecule has 2 rings (SSSR count). The lowest BCUT2D eigenvalue weighted by Gasteiger charge is -2.07. The Morgan fingerprint density at radius 2 is 1.78 bits per heavy atom. The van der Waals surface area contributed by atoms with Gasteiger partial charge < -0.3 is 4.74 Å². The maximum atomic E-state index is 12.3. The first-order valence-corrected chi connectivity index (χ1v) is 6.85. The number of hydrogen-bond donors (Lipinski definition) is 0. The molecule has 0 spiro atoms. The molecule has 0 N–H and O–H groups in total. The van der Waals surface area contributed by atoms with E-state index < -0.39 is 0 Å². The minimum absolute atomic E-state index is 0.0224. The van der Waals surface area contributed by atoms with Gasteiger partial charge in [0.05, 0.1) is 11.6 Å². The predicted octanol–water partition coefficient (Wildman–Crippen LogP) is 4.45. The molecule has 2 aromatic rings. The van der Waals surface area contributed by atoms with Crippen LogP contribution in [0.3, 0.4) is 0 Å². The van der Waals surface area contributed by atoms with Crippen molar-refractivity contribution in [3.8, 4) is 5.75 Å². The first-order valence-electron chi connectivity index (χ1n) is 5.26. The highest BCUT2D eigenvalue weighted by Crippen LogP contribution is 2.27. The predicted molar refractivity (Wildman–Crippen MR) is 78.3 cm³/mol. The Morgan fingerprint density at radius 1 is 1.06 bits per heavy atom. The zero-order valence-electron chi connectivity index (χ0n) is 9.61. The van der Waals surface area contributed by atoms with Crippen LogP contribution in [0.25, 0.3) is 0 Å². The number of rotatable bonds is 3. The minimum Gasteiger partial charge on any atom is -0.496 e. The fourth-order valence-corrected chi connectivity index (χ4v) is 2.61. The van der Waals surface area contributed by atoms with Crippen molar-refractivity contribution in [3.63, 3.8) is 0 Å². The minimum atomic E-state index is -0.0224. The van der Waals surface area contributed by atoms with Crippen LogP contribution in [0.5, 0.6) is 5.75 Å². The molecule has 4 heteroatoms. The Bertz CT molecular complexity index is 594. The second-order valence-electron chi connectivity index (χ2n) is 3.66. The maximum Gasteiger partial charge on any atom is 0.194 e. The summed E-state index contributed by atoms with van der Waals surface area (Å²) < 4.78 is 6.70. The highest BCUT2D eigenvalue weighted by Gasteiger charge is 2.13. The Morgan fingerprint density at radius 3 is 2.39 bits per heavy atom. The van der Waals surface area contributed by atoms with Crippen molar-refractivity contribution in [1.29, 1.82) is 0 Å². The van der Waals surface area contributed by atoms with Gasteiger partial charge in [0, 0.05) is 15.6 Å². The fraction of sp³-hybridized carbons (Fsp3) is 0.0714. The van der Waals surface area contributed by atoms with Crippen molar-refractivity contribution < 1.29 is 9.53 Å². The van der Waals surface area contributed by atoms with Crippen molar-refractivity contribution in [2.75, 3.05) is 7.11 Å². The van der Waals surface area contributed by atoms with Gasteiger partial charge in [0.1, 0.15) is 5.75 Å². The van der Waals surface area contributed by atoms with Crippen LogP contribution >= 0.6 is 31.9 Å². The highest BCUT2D eigenvalue weighted by molar-refractivity contribution is 9.10. The Labute approximate surface area is 122 Å². The summed E-state index contributed by atoms with van der Waals surface area (Å²) in [4.78, 5) is 12.3. The molecule has 2 nitrogen and oxygen atoms in total. The van der Waals surface area contributed by atoms with Crippen molar-refractivity contribution >= 4 is 37.6 Å². The van der Waals surface area contributed by atoms with E-state index in [1.807, 2.05) is 18.2 Å². The highest BCUT2D eigenvalue weighted by atomic mass is 79.9. The van der Waals surface area contributed by atoms with Gasteiger partial charge >= 0.3 is 0 Å². The summed E-state index contributed by atoms with van der Waals surface area (Å²) in [6.45, 7) is 0. The van der Waals surface area contributed by atoms with Crippen LogP contribution in [0.2, 0.25) is 0 Å². The lowest BCUT2D eigenvalue weighted by molar-refractivity contribution is 0.103. The van der Waals surface area contributed by atoms with Gasteiger partial charge in [-0.3, -0.25) is 4.79 Å². The summed E-state index contributed by atoms with van der Waals surface area (Å²) in [6, 6.07) is 12.7. The molecule has 0 saturated heterocycles. The third-order valence-electron chi connectivity index (χ3n) is 2.53. The lowest BCUT2D eigenvalue weighted by Crippen LogP contribution is -2.02. The quantitative estimate of drug-likeness (QED) is 0.747. The molecule has 92 valence electrons. The molecule has 0 aliphatic carbocycles. The number of benzene rings is 2. The average Bonchev–Trinajstić information content (AvgIpc) is 2.38. The number of hydrogen-bond acceptors (Lipinski definition) is 2. The Hall–Kier alpha value is -1.13. The Kier molecular flexibility index (Phi) is 4.19. The SMILES string of the molecule is COc1ccc(C(=O)c2ccccc2Br)cc1Br. The van der Waals surface area contributed by atoms with Crippen LogP contribution < -0.4 is 4.74 Å². The van der Waals surface area contributed by atoms with E-state index in [4.69, 9.17) is 4.74 Å². The van der Waals surface area contributed by atoms with Gasteiger partial charge in [-0.1, -0.05) is 28.1 Å². The summed E-state index contributed by atoms with van der Waals surface area (Å²) in [7, 11) is 1.59. The molecule has 0 saturated carbocycles. The van der Waals surface area contributed by atoms with E-state index in [1.165, 1.54) is 0 Å². The average molecular weight is 370 g/mol. The van der Waals surface area contributed by atoms with Crippen molar-refractivity contribution in [1.82, 2.24) is 0 Å². The van der Waals surface area contributed by atoms with E-state index in [1.54, 1.807) is 31.4 Å². The van der Waals surface area contributed by atoms with Crippen LogP contribution in [-0.4, -0.2) is 12.9 Å². The molecule has 0 amide bonds. The van der Waals surface area contributed by atoms with Crippen LogP contribution in [0.4, 0.5) is 0 Å². The number of methoxy groups -OCH3 is 1. The molecule has 0 atom stereocenters. The van der Waals surface area contributed by atoms with Gasteiger partial charge in [-0.25, -0.2) is 0 Å². The van der Waals surface area contributed by atoms with Gasteiger partial charge in [-0.15, -0.1) is 0 Å². The van der Waals surface area contributed by atoms with Crippen LogP contribution in [-0.2, 0) is 0 Å². The van der Waals surface area contributed by atoms with E-state index in [0.29, 0.717) is 16.9 Å². The zero-order valence-corrected chi connectivity index (χ0v) is 12.8. The van der Waals surface area contributed by atoms with E-state index in [-0.39, 0.29) is 5.78 Å². The molecule has 0 aliphatic rings. The molecular formula is C14H10Br2O2. The van der Waals surface area contributed by atoms with E-state index in [9.17, 15) is 4.79 Å². The van der Waals surface area contributed by atoms with Crippen LogP contribution in [0.15, 0.2) is 51.4 Å². The molecule has 0 aliphatic heterocycles. The summed E-state index contributed by atoms with van der Waals surface area (Å²) in [5.74, 6) is 0.685. The van der Waals surface area contributed by atoms with Gasteiger partial charge in [0.15, 0.2) is 5.78 Å². The van der Waals surface area contributed by atoms with Gasteiger partial charge in [-0.05, 0) is 46.3 Å². The maximum absolute atomic E-state index is 12.3. The number of ether oxygens (including phenoxy) is 1. The second-order valence-corrected chi connectivity index (χ2v) is 5.37. The monoisotopic (exact) mass is 368 g/mol. The number of ketones is 1. The molecule has 0 fully saturated rings. The van der Waals surface area contributed by atoms with E-state index >= 15 is 0 Å². The van der Waals surface area contributed by atoms with Gasteiger partial charge in [0.25, 0.3) is 0 Å². The molecule has 2 aromatic carbocycles. The summed E-state index contributed by atoms with van der Waals surface area (Å²) in [5.41, 5.74) is 1.27. The summed E-state index contributed by atoms with van der Waals surface area (Å²) in [6.07, 6.45) is 0. The van der Waals surface area contributed by atoms with Gasteiger partial charge in [-0.2, -0.15) is 0 Å². The summed E-state index contributed by atoms with van der Waals surface area (Å²) >= 11 is 6.76. The smallest absolute Gasteiger partial charge is 0.194 e. The molecule has 0 bridgehead atoms. The van der Waals surface area contributed by atoms with Gasteiger partial charge in [0.2, 0.25) is 0 Å². The first kappa shape index (κ1) is 13.3. The summed E-state index contributed by atoms with van der Waals surface area (Å²) in [5, 5.41) is 0. The third-order valence-corrected chi connectivity index (χ3v) is 3.84. The topological polar surface area (TPSA) is 26.3 Å². The number of carbonyl (C=O) groups excluding carboxylic acids is 1. The molecule has 0 radical (unpaired) electrons. The molecule has 0 heterocycles. The zero-order chi connectivity index (χ0) is 13.1. The van der Waals surface area contributed by atoms with Crippen molar-refractivity contribution in [2.45, 2.75) is 0 Å². The standard InChI is InChI=1S/C14H10Br2O2/c1-18-13-7-6-9(8-12(13)16)14(17)10-4-2-3-5-11(10)15/h2-8H,1H3.